The van der Waals surface area contributed by atoms with Gasteiger partial charge in [0.2, 0.25) is 0 Å². The maximum atomic E-state index is 13.0. The normalized spacial score (nSPS) is 26.3. The molecule has 0 spiro atoms. The second kappa shape index (κ2) is 6.15. The highest BCUT2D eigenvalue weighted by Gasteiger charge is 2.69. The van der Waals surface area contributed by atoms with Crippen molar-refractivity contribution in [2.24, 2.45) is 5.73 Å². The molecule has 4 nitrogen and oxygen atoms in total. The Kier molecular flexibility index (Phi) is 4.47. The van der Waals surface area contributed by atoms with E-state index in [0.717, 1.165) is 12.0 Å². The molecule has 3 atom stereocenters. The Morgan fingerprint density at radius 1 is 1.12 bits per heavy atom. The SMILES string of the molecule is CCc1ccc([C@@H]2[C@@H](S(=O)(=O)c3ccc(Cl)cc3)[C@]2(N)CO)cc1. The zero-order chi connectivity index (χ0) is 17.5. The van der Waals surface area contributed by atoms with Crippen LogP contribution in [0.3, 0.4) is 0 Å². The minimum absolute atomic E-state index is 0.174. The number of aryl methyl sites for hydroxylation is 1. The lowest BCUT2D eigenvalue weighted by atomic mass is 10.0. The zero-order valence-electron chi connectivity index (χ0n) is 13.3. The lowest BCUT2D eigenvalue weighted by Crippen LogP contribution is -2.35. The summed E-state index contributed by atoms with van der Waals surface area (Å²) in [4.78, 5) is 0.174. The highest BCUT2D eigenvalue weighted by molar-refractivity contribution is 7.92. The molecule has 0 saturated heterocycles. The van der Waals surface area contributed by atoms with Crippen molar-refractivity contribution in [3.8, 4) is 0 Å². The van der Waals surface area contributed by atoms with Gasteiger partial charge in [0.25, 0.3) is 0 Å². The van der Waals surface area contributed by atoms with Crippen LogP contribution in [0.25, 0.3) is 0 Å². The number of hydrogen-bond acceptors (Lipinski definition) is 4. The molecule has 3 rings (SSSR count). The number of benzene rings is 2. The second-order valence-corrected chi connectivity index (χ2v) is 8.77. The molecule has 0 aliphatic heterocycles. The minimum atomic E-state index is -3.66. The van der Waals surface area contributed by atoms with Gasteiger partial charge in [-0.05, 0) is 41.8 Å². The molecule has 1 aliphatic rings. The monoisotopic (exact) mass is 365 g/mol. The van der Waals surface area contributed by atoms with Gasteiger partial charge < -0.3 is 10.8 Å². The predicted molar refractivity (Wildman–Crippen MR) is 95.0 cm³/mol. The predicted octanol–water partition coefficient (Wildman–Crippen LogP) is 2.53. The first-order chi connectivity index (χ1) is 11.3. The largest absolute Gasteiger partial charge is 0.394 e. The van der Waals surface area contributed by atoms with Crippen molar-refractivity contribution in [3.63, 3.8) is 0 Å². The van der Waals surface area contributed by atoms with E-state index in [1.165, 1.54) is 17.7 Å². The molecule has 0 heterocycles. The molecule has 0 radical (unpaired) electrons. The highest BCUT2D eigenvalue weighted by Crippen LogP contribution is 2.55. The van der Waals surface area contributed by atoms with E-state index < -0.39 is 26.5 Å². The van der Waals surface area contributed by atoms with E-state index in [9.17, 15) is 13.5 Å². The van der Waals surface area contributed by atoms with E-state index in [2.05, 4.69) is 6.92 Å². The topological polar surface area (TPSA) is 80.4 Å². The molecule has 2 aromatic carbocycles. The van der Waals surface area contributed by atoms with E-state index >= 15 is 0 Å². The van der Waals surface area contributed by atoms with Crippen molar-refractivity contribution in [1.29, 1.82) is 0 Å². The standard InChI is InChI=1S/C18H20ClNO3S/c1-2-12-3-5-13(6-4-12)16-17(18(16,20)11-21)24(22,23)15-9-7-14(19)8-10-15/h3-10,16-17,21H,2,11,20H2,1H3/t16-,17-,18+/m1/s1. The fraction of sp³-hybridized carbons (Fsp3) is 0.333. The summed E-state index contributed by atoms with van der Waals surface area (Å²) in [6.07, 6.45) is 0.908. The molecule has 1 aliphatic carbocycles. The number of rotatable bonds is 5. The number of aliphatic hydroxyl groups excluding tert-OH is 1. The summed E-state index contributed by atoms with van der Waals surface area (Å²) in [6, 6.07) is 13.8. The number of halogens is 1. The highest BCUT2D eigenvalue weighted by atomic mass is 35.5. The van der Waals surface area contributed by atoms with Gasteiger partial charge in [-0.3, -0.25) is 0 Å². The van der Waals surface area contributed by atoms with Gasteiger partial charge in [-0.1, -0.05) is 42.8 Å². The number of aliphatic hydroxyl groups is 1. The maximum Gasteiger partial charge on any atom is 0.183 e. The third-order valence-electron chi connectivity index (χ3n) is 4.80. The average Bonchev–Trinajstić information content (AvgIpc) is 3.23. The summed E-state index contributed by atoms with van der Waals surface area (Å²) in [5, 5.41) is 9.34. The molecular weight excluding hydrogens is 346 g/mol. The van der Waals surface area contributed by atoms with Crippen molar-refractivity contribution < 1.29 is 13.5 Å². The molecule has 1 saturated carbocycles. The van der Waals surface area contributed by atoms with Crippen molar-refractivity contribution in [1.82, 2.24) is 0 Å². The van der Waals surface area contributed by atoms with Crippen LogP contribution in [-0.4, -0.2) is 30.9 Å². The second-order valence-electron chi connectivity index (χ2n) is 6.26. The Balaban J connectivity index is 1.98. The van der Waals surface area contributed by atoms with Crippen molar-refractivity contribution in [2.75, 3.05) is 6.61 Å². The quantitative estimate of drug-likeness (QED) is 0.853. The summed E-state index contributed by atoms with van der Waals surface area (Å²) in [7, 11) is -3.66. The molecule has 0 amide bonds. The fourth-order valence-corrected chi connectivity index (χ4v) is 5.72. The molecule has 2 aromatic rings. The zero-order valence-corrected chi connectivity index (χ0v) is 14.9. The van der Waals surface area contributed by atoms with Crippen molar-refractivity contribution >= 4 is 21.4 Å². The van der Waals surface area contributed by atoms with Crippen molar-refractivity contribution in [3.05, 3.63) is 64.7 Å². The molecular formula is C18H20ClNO3S. The number of nitrogens with two attached hydrogens (primary N) is 1. The average molecular weight is 366 g/mol. The van der Waals surface area contributed by atoms with Gasteiger partial charge in [-0.2, -0.15) is 0 Å². The molecule has 6 heteroatoms. The molecule has 128 valence electrons. The van der Waals surface area contributed by atoms with E-state index in [4.69, 9.17) is 17.3 Å². The Morgan fingerprint density at radius 3 is 2.21 bits per heavy atom. The first-order valence-corrected chi connectivity index (χ1v) is 9.75. The molecule has 0 aromatic heterocycles. The molecule has 1 fully saturated rings. The van der Waals surface area contributed by atoms with Crippen LogP contribution in [-0.2, 0) is 16.3 Å². The lowest BCUT2D eigenvalue weighted by molar-refractivity contribution is 0.253. The lowest BCUT2D eigenvalue weighted by Gasteiger charge is -2.08. The Morgan fingerprint density at radius 2 is 1.71 bits per heavy atom. The maximum absolute atomic E-state index is 13.0. The van der Waals surface area contributed by atoms with Gasteiger partial charge in [-0.25, -0.2) is 8.42 Å². The van der Waals surface area contributed by atoms with Crippen LogP contribution in [0.4, 0.5) is 0 Å². The van der Waals surface area contributed by atoms with Crippen LogP contribution in [0.1, 0.15) is 24.0 Å². The molecule has 0 bridgehead atoms. The van der Waals surface area contributed by atoms with Crippen LogP contribution in [0, 0.1) is 0 Å². The fourth-order valence-electron chi connectivity index (χ4n) is 3.30. The number of hydrogen-bond donors (Lipinski definition) is 2. The summed E-state index contributed by atoms with van der Waals surface area (Å²) in [6.45, 7) is 1.67. The van der Waals surface area contributed by atoms with Gasteiger partial charge in [0.05, 0.1) is 22.3 Å². The summed E-state index contributed by atoms with van der Waals surface area (Å²) < 4.78 is 25.9. The summed E-state index contributed by atoms with van der Waals surface area (Å²) >= 11 is 5.83. The third-order valence-corrected chi connectivity index (χ3v) is 7.36. The van der Waals surface area contributed by atoms with Crippen LogP contribution >= 0.6 is 11.6 Å². The van der Waals surface area contributed by atoms with Gasteiger partial charge in [-0.15, -0.1) is 0 Å². The van der Waals surface area contributed by atoms with Crippen LogP contribution < -0.4 is 5.73 Å². The van der Waals surface area contributed by atoms with Crippen LogP contribution in [0.2, 0.25) is 5.02 Å². The molecule has 3 N–H and O–H groups in total. The van der Waals surface area contributed by atoms with E-state index in [1.807, 2.05) is 24.3 Å². The minimum Gasteiger partial charge on any atom is -0.394 e. The Bertz CT molecular complexity index is 834. The third kappa shape index (κ3) is 2.75. The van der Waals surface area contributed by atoms with E-state index in [-0.39, 0.29) is 11.5 Å². The van der Waals surface area contributed by atoms with Crippen LogP contribution in [0.15, 0.2) is 53.4 Å². The van der Waals surface area contributed by atoms with Crippen LogP contribution in [0.5, 0.6) is 0 Å². The van der Waals surface area contributed by atoms with Gasteiger partial charge in [0, 0.05) is 10.9 Å². The smallest absolute Gasteiger partial charge is 0.183 e. The van der Waals surface area contributed by atoms with Gasteiger partial charge in [0.1, 0.15) is 0 Å². The van der Waals surface area contributed by atoms with Gasteiger partial charge >= 0.3 is 0 Å². The summed E-state index contributed by atoms with van der Waals surface area (Å²) in [5.41, 5.74) is 7.08. The molecule has 0 unspecified atom stereocenters. The Labute approximate surface area is 147 Å². The van der Waals surface area contributed by atoms with Crippen molar-refractivity contribution in [2.45, 2.75) is 34.9 Å². The molecule has 24 heavy (non-hydrogen) atoms. The first kappa shape index (κ1) is 17.4. The number of sulfone groups is 1. The van der Waals surface area contributed by atoms with E-state index in [1.54, 1.807) is 12.1 Å². The first-order valence-electron chi connectivity index (χ1n) is 7.82. The van der Waals surface area contributed by atoms with E-state index in [0.29, 0.717) is 5.02 Å². The van der Waals surface area contributed by atoms with Gasteiger partial charge in [0.15, 0.2) is 9.84 Å². The summed E-state index contributed by atoms with van der Waals surface area (Å²) in [5.74, 6) is -0.422. The Hall–Kier alpha value is -1.40.